The van der Waals surface area contributed by atoms with Crippen molar-refractivity contribution >= 4 is 23.2 Å². The Bertz CT molecular complexity index is 692. The van der Waals surface area contributed by atoms with Crippen LogP contribution in [0.3, 0.4) is 0 Å². The van der Waals surface area contributed by atoms with E-state index in [0.717, 1.165) is 16.9 Å². The number of hydrogen-bond donors (Lipinski definition) is 1. The fourth-order valence-electron chi connectivity index (χ4n) is 3.06. The highest BCUT2D eigenvalue weighted by Crippen LogP contribution is 2.31. The summed E-state index contributed by atoms with van der Waals surface area (Å²) in [6, 6.07) is 11.3. The van der Waals surface area contributed by atoms with Crippen LogP contribution in [-0.2, 0) is 11.3 Å². The molecule has 0 saturated carbocycles. The molecule has 5 nitrogen and oxygen atoms in total. The minimum absolute atomic E-state index is 0.0131. The van der Waals surface area contributed by atoms with Crippen LogP contribution < -0.4 is 4.74 Å². The van der Waals surface area contributed by atoms with Crippen molar-refractivity contribution in [1.82, 2.24) is 9.88 Å². The molecule has 7 heteroatoms. The van der Waals surface area contributed by atoms with Crippen molar-refractivity contribution in [2.45, 2.75) is 18.6 Å². The SMILES string of the molecule is COc1ccc(CN2[C@H](CO)COC[C@H]2c2cc(Cl)nc(Cl)c2)cc1. The molecule has 0 bridgehead atoms. The van der Waals surface area contributed by atoms with Gasteiger partial charge in [-0.15, -0.1) is 0 Å². The molecular weight excluding hydrogens is 363 g/mol. The van der Waals surface area contributed by atoms with Gasteiger partial charge in [0.15, 0.2) is 0 Å². The summed E-state index contributed by atoms with van der Waals surface area (Å²) in [6.45, 7) is 1.67. The number of benzene rings is 1. The highest BCUT2D eigenvalue weighted by Gasteiger charge is 2.32. The predicted molar refractivity (Wildman–Crippen MR) is 97.2 cm³/mol. The second kappa shape index (κ2) is 8.34. The van der Waals surface area contributed by atoms with E-state index in [1.807, 2.05) is 24.3 Å². The topological polar surface area (TPSA) is 54.8 Å². The highest BCUT2D eigenvalue weighted by molar-refractivity contribution is 6.32. The standard InChI is InChI=1S/C18H20Cl2N2O3/c1-24-15-4-2-12(3-5-15)8-22-14(9-23)10-25-11-16(22)13-6-17(19)21-18(20)7-13/h2-7,14,16,23H,8-11H2,1H3/t14-,16+/m1/s1. The molecule has 0 spiro atoms. The van der Waals surface area contributed by atoms with Crippen LogP contribution in [0.4, 0.5) is 0 Å². The summed E-state index contributed by atoms with van der Waals surface area (Å²) in [6.07, 6.45) is 0. The van der Waals surface area contributed by atoms with Crippen LogP contribution in [-0.4, -0.2) is 48.0 Å². The van der Waals surface area contributed by atoms with Gasteiger partial charge in [-0.25, -0.2) is 4.98 Å². The van der Waals surface area contributed by atoms with Gasteiger partial charge in [-0.2, -0.15) is 0 Å². The van der Waals surface area contributed by atoms with Gasteiger partial charge >= 0.3 is 0 Å². The molecule has 1 N–H and O–H groups in total. The molecule has 2 atom stereocenters. The number of morpholine rings is 1. The fraction of sp³-hybridized carbons (Fsp3) is 0.389. The minimum Gasteiger partial charge on any atom is -0.497 e. The maximum atomic E-state index is 9.79. The first kappa shape index (κ1) is 18.4. The zero-order chi connectivity index (χ0) is 17.8. The van der Waals surface area contributed by atoms with Gasteiger partial charge in [-0.1, -0.05) is 35.3 Å². The number of halogens is 2. The van der Waals surface area contributed by atoms with Crippen molar-refractivity contribution in [3.63, 3.8) is 0 Å². The van der Waals surface area contributed by atoms with Crippen molar-refractivity contribution in [3.8, 4) is 5.75 Å². The van der Waals surface area contributed by atoms with Gasteiger partial charge in [0.05, 0.1) is 39.0 Å². The first-order chi connectivity index (χ1) is 12.1. The molecule has 1 aliphatic heterocycles. The van der Waals surface area contributed by atoms with Crippen LogP contribution in [0.5, 0.6) is 5.75 Å². The lowest BCUT2D eigenvalue weighted by molar-refractivity contribution is -0.0711. The Morgan fingerprint density at radius 2 is 1.88 bits per heavy atom. The van der Waals surface area contributed by atoms with Crippen LogP contribution >= 0.6 is 23.2 Å². The molecule has 0 radical (unpaired) electrons. The number of aliphatic hydroxyl groups excluding tert-OH is 1. The molecule has 2 aromatic rings. The number of rotatable bonds is 5. The molecule has 0 amide bonds. The lowest BCUT2D eigenvalue weighted by Gasteiger charge is -2.41. The molecule has 1 aromatic heterocycles. The van der Waals surface area contributed by atoms with Gasteiger partial charge in [0.2, 0.25) is 0 Å². The number of aliphatic hydroxyl groups is 1. The van der Waals surface area contributed by atoms with Crippen LogP contribution in [0.15, 0.2) is 36.4 Å². The second-order valence-corrected chi connectivity index (χ2v) is 6.73. The fourth-order valence-corrected chi connectivity index (χ4v) is 3.54. The van der Waals surface area contributed by atoms with Gasteiger partial charge in [0.1, 0.15) is 16.1 Å². The Labute approximate surface area is 157 Å². The highest BCUT2D eigenvalue weighted by atomic mass is 35.5. The molecule has 0 aliphatic carbocycles. The first-order valence-corrected chi connectivity index (χ1v) is 8.76. The smallest absolute Gasteiger partial charge is 0.131 e. The summed E-state index contributed by atoms with van der Waals surface area (Å²) < 4.78 is 10.9. The quantitative estimate of drug-likeness (QED) is 0.803. The number of aromatic nitrogens is 1. The van der Waals surface area contributed by atoms with E-state index < -0.39 is 0 Å². The van der Waals surface area contributed by atoms with Crippen molar-refractivity contribution < 1.29 is 14.6 Å². The predicted octanol–water partition coefficient (Wildman–Crippen LogP) is 3.33. The molecule has 1 aromatic carbocycles. The van der Waals surface area contributed by atoms with Crippen LogP contribution in [0, 0.1) is 0 Å². The Morgan fingerprint density at radius 3 is 2.48 bits per heavy atom. The van der Waals surface area contributed by atoms with Crippen molar-refractivity contribution in [2.75, 3.05) is 26.9 Å². The van der Waals surface area contributed by atoms with Crippen molar-refractivity contribution in [3.05, 3.63) is 57.8 Å². The molecule has 1 saturated heterocycles. The number of ether oxygens (including phenoxy) is 2. The first-order valence-electron chi connectivity index (χ1n) is 8.01. The Kier molecular flexibility index (Phi) is 6.15. The van der Waals surface area contributed by atoms with E-state index in [9.17, 15) is 5.11 Å². The number of hydrogen-bond acceptors (Lipinski definition) is 5. The third kappa shape index (κ3) is 4.43. The third-order valence-corrected chi connectivity index (χ3v) is 4.75. The zero-order valence-electron chi connectivity index (χ0n) is 13.9. The van der Waals surface area contributed by atoms with E-state index in [0.29, 0.717) is 30.1 Å². The van der Waals surface area contributed by atoms with E-state index >= 15 is 0 Å². The Morgan fingerprint density at radius 1 is 1.20 bits per heavy atom. The minimum atomic E-state index is -0.105. The van der Waals surface area contributed by atoms with E-state index in [1.165, 1.54) is 0 Å². The van der Waals surface area contributed by atoms with E-state index in [4.69, 9.17) is 32.7 Å². The van der Waals surface area contributed by atoms with E-state index in [2.05, 4.69) is 9.88 Å². The third-order valence-electron chi connectivity index (χ3n) is 4.36. The number of nitrogens with zero attached hydrogens (tertiary/aromatic N) is 2. The summed E-state index contributed by atoms with van der Waals surface area (Å²) in [4.78, 5) is 6.22. The molecule has 25 heavy (non-hydrogen) atoms. The normalized spacial score (nSPS) is 21.3. The van der Waals surface area contributed by atoms with Gasteiger partial charge in [0, 0.05) is 6.54 Å². The largest absolute Gasteiger partial charge is 0.497 e. The number of methoxy groups -OCH3 is 1. The number of pyridine rings is 1. The second-order valence-electron chi connectivity index (χ2n) is 5.96. The van der Waals surface area contributed by atoms with Crippen LogP contribution in [0.1, 0.15) is 17.2 Å². The van der Waals surface area contributed by atoms with Crippen molar-refractivity contribution in [2.24, 2.45) is 0 Å². The van der Waals surface area contributed by atoms with Crippen LogP contribution in [0.2, 0.25) is 10.3 Å². The summed E-state index contributed by atoms with van der Waals surface area (Å²) in [5, 5.41) is 10.5. The summed E-state index contributed by atoms with van der Waals surface area (Å²) in [5.74, 6) is 0.814. The molecule has 1 aliphatic rings. The van der Waals surface area contributed by atoms with Crippen molar-refractivity contribution in [1.29, 1.82) is 0 Å². The maximum Gasteiger partial charge on any atom is 0.131 e. The average molecular weight is 383 g/mol. The average Bonchev–Trinajstić information content (AvgIpc) is 2.61. The summed E-state index contributed by atoms with van der Waals surface area (Å²) in [7, 11) is 1.64. The monoisotopic (exact) mass is 382 g/mol. The molecule has 3 rings (SSSR count). The van der Waals surface area contributed by atoms with E-state index in [1.54, 1.807) is 19.2 Å². The molecule has 2 heterocycles. The lowest BCUT2D eigenvalue weighted by atomic mass is 10.0. The molecular formula is C18H20Cl2N2O3. The molecule has 0 unspecified atom stereocenters. The van der Waals surface area contributed by atoms with Gasteiger partial charge in [-0.3, -0.25) is 4.90 Å². The van der Waals surface area contributed by atoms with Crippen LogP contribution in [0.25, 0.3) is 0 Å². The lowest BCUT2D eigenvalue weighted by Crippen LogP contribution is -2.48. The summed E-state index contributed by atoms with van der Waals surface area (Å²) in [5.41, 5.74) is 2.05. The maximum absolute atomic E-state index is 9.79. The summed E-state index contributed by atoms with van der Waals surface area (Å²) >= 11 is 12.1. The van der Waals surface area contributed by atoms with E-state index in [-0.39, 0.29) is 18.7 Å². The Balaban J connectivity index is 1.88. The Hall–Kier alpha value is -1.37. The molecule has 134 valence electrons. The van der Waals surface area contributed by atoms with Gasteiger partial charge in [0.25, 0.3) is 0 Å². The zero-order valence-corrected chi connectivity index (χ0v) is 15.4. The molecule has 1 fully saturated rings. The van der Waals surface area contributed by atoms with Gasteiger partial charge < -0.3 is 14.6 Å². The van der Waals surface area contributed by atoms with Gasteiger partial charge in [-0.05, 0) is 35.4 Å².